The van der Waals surface area contributed by atoms with Crippen LogP contribution in [0, 0.1) is 17.3 Å². The summed E-state index contributed by atoms with van der Waals surface area (Å²) in [6.45, 7) is 14.0. The fourth-order valence-electron chi connectivity index (χ4n) is 2.75. The molecule has 0 saturated carbocycles. The van der Waals surface area contributed by atoms with E-state index in [1.165, 1.54) is 77.0 Å². The minimum absolute atomic E-state index is 0.410. The van der Waals surface area contributed by atoms with Crippen molar-refractivity contribution in [3.05, 3.63) is 6.42 Å². The van der Waals surface area contributed by atoms with E-state index in [-0.39, 0.29) is 0 Å². The highest BCUT2D eigenvalue weighted by Gasteiger charge is 2.09. The molecule has 0 aliphatic carbocycles. The Kier molecular flexibility index (Phi) is 11.6. The summed E-state index contributed by atoms with van der Waals surface area (Å²) in [5, 5.41) is 0. The van der Waals surface area contributed by atoms with Crippen molar-refractivity contribution in [2.24, 2.45) is 10.8 Å². The van der Waals surface area contributed by atoms with Crippen molar-refractivity contribution >= 4 is 0 Å². The molecule has 21 heavy (non-hydrogen) atoms. The van der Waals surface area contributed by atoms with Crippen molar-refractivity contribution < 1.29 is 0 Å². The summed E-state index contributed by atoms with van der Waals surface area (Å²) in [7, 11) is 0. The molecule has 0 rings (SSSR count). The van der Waals surface area contributed by atoms with Gasteiger partial charge in [0, 0.05) is 0 Å². The Hall–Kier alpha value is 0. The smallest absolute Gasteiger partial charge is 0.0332 e. The molecule has 0 bridgehead atoms. The lowest BCUT2D eigenvalue weighted by atomic mass is 9.89. The van der Waals surface area contributed by atoms with Crippen LogP contribution in [-0.4, -0.2) is 0 Å². The molecule has 0 fully saturated rings. The summed E-state index contributed by atoms with van der Waals surface area (Å²) in [4.78, 5) is 0. The Balaban J connectivity index is 3.10. The highest BCUT2D eigenvalue weighted by molar-refractivity contribution is 4.79. The quantitative estimate of drug-likeness (QED) is 0.320. The van der Waals surface area contributed by atoms with Gasteiger partial charge in [-0.05, 0) is 30.1 Å². The lowest BCUT2D eigenvalue weighted by Crippen LogP contribution is -2.04. The zero-order valence-corrected chi connectivity index (χ0v) is 16.1. The van der Waals surface area contributed by atoms with Crippen LogP contribution in [0.5, 0.6) is 0 Å². The van der Waals surface area contributed by atoms with E-state index in [1.807, 2.05) is 0 Å². The van der Waals surface area contributed by atoms with Crippen molar-refractivity contribution in [2.45, 2.75) is 119 Å². The van der Waals surface area contributed by atoms with Crippen LogP contribution in [0.15, 0.2) is 0 Å². The fourth-order valence-corrected chi connectivity index (χ4v) is 2.75. The third-order valence-corrected chi connectivity index (χ3v) is 4.14. The first-order valence-electron chi connectivity index (χ1n) is 9.55. The number of unbranched alkanes of at least 4 members (excludes halogenated alkanes) is 10. The van der Waals surface area contributed by atoms with Gasteiger partial charge in [-0.3, -0.25) is 0 Å². The van der Waals surface area contributed by atoms with Crippen molar-refractivity contribution in [2.75, 3.05) is 0 Å². The van der Waals surface area contributed by atoms with Crippen molar-refractivity contribution in [1.29, 1.82) is 0 Å². The molecule has 0 aliphatic heterocycles. The van der Waals surface area contributed by atoms with E-state index in [0.29, 0.717) is 10.8 Å². The van der Waals surface area contributed by atoms with Gasteiger partial charge in [0.2, 0.25) is 0 Å². The first kappa shape index (κ1) is 21.0. The highest BCUT2D eigenvalue weighted by Crippen LogP contribution is 2.23. The van der Waals surface area contributed by atoms with Gasteiger partial charge in [0.1, 0.15) is 0 Å². The molecular weight excluding hydrogens is 252 g/mol. The molecular formula is C21H43. The molecule has 127 valence electrons. The average molecular weight is 296 g/mol. The van der Waals surface area contributed by atoms with E-state index in [2.05, 4.69) is 48.0 Å². The molecule has 0 spiro atoms. The van der Waals surface area contributed by atoms with E-state index in [0.717, 1.165) is 0 Å². The van der Waals surface area contributed by atoms with Crippen LogP contribution < -0.4 is 0 Å². The molecule has 0 aromatic carbocycles. The van der Waals surface area contributed by atoms with Gasteiger partial charge in [-0.25, -0.2) is 0 Å². The molecule has 1 radical (unpaired) electrons. The van der Waals surface area contributed by atoms with Crippen LogP contribution in [0.4, 0.5) is 0 Å². The third kappa shape index (κ3) is 20.0. The zero-order chi connectivity index (χ0) is 16.2. The zero-order valence-electron chi connectivity index (χ0n) is 16.1. The second-order valence-corrected chi connectivity index (χ2v) is 9.21. The molecule has 0 aromatic rings. The van der Waals surface area contributed by atoms with Crippen molar-refractivity contribution in [3.8, 4) is 0 Å². The van der Waals surface area contributed by atoms with Gasteiger partial charge in [0.15, 0.2) is 0 Å². The molecule has 0 heterocycles. The normalized spacial score (nSPS) is 12.9. The standard InChI is InChI=1S/C21H43/c1-20(2,3)18-16-14-12-10-8-7-9-11-13-15-17-19-21(4,5)6/h18H,7-17,19H2,1-6H3. The van der Waals surface area contributed by atoms with E-state index in [9.17, 15) is 0 Å². The van der Waals surface area contributed by atoms with Crippen LogP contribution in [0.25, 0.3) is 0 Å². The lowest BCUT2D eigenvalue weighted by molar-refractivity contribution is 0.356. The van der Waals surface area contributed by atoms with Gasteiger partial charge in [-0.15, -0.1) is 0 Å². The first-order chi connectivity index (χ1) is 9.71. The molecule has 0 heteroatoms. The third-order valence-electron chi connectivity index (χ3n) is 4.14. The Morgan fingerprint density at radius 3 is 1.29 bits per heavy atom. The second-order valence-electron chi connectivity index (χ2n) is 9.21. The second kappa shape index (κ2) is 11.6. The van der Waals surface area contributed by atoms with Gasteiger partial charge in [0.05, 0.1) is 0 Å². The summed E-state index contributed by atoms with van der Waals surface area (Å²) < 4.78 is 0. The van der Waals surface area contributed by atoms with E-state index >= 15 is 0 Å². The van der Waals surface area contributed by atoms with Gasteiger partial charge in [-0.2, -0.15) is 0 Å². The van der Waals surface area contributed by atoms with E-state index in [4.69, 9.17) is 0 Å². The summed E-state index contributed by atoms with van der Waals surface area (Å²) in [5.41, 5.74) is 0.942. The molecule has 0 unspecified atom stereocenters. The number of hydrogen-bond acceptors (Lipinski definition) is 0. The van der Waals surface area contributed by atoms with Gasteiger partial charge in [0.25, 0.3) is 0 Å². The summed E-state index contributed by atoms with van der Waals surface area (Å²) in [5.74, 6) is 0. The molecule has 0 aliphatic rings. The number of hydrogen-bond donors (Lipinski definition) is 0. The maximum Gasteiger partial charge on any atom is -0.0332 e. The summed E-state index contributed by atoms with van der Waals surface area (Å²) >= 11 is 0. The van der Waals surface area contributed by atoms with Gasteiger partial charge in [-0.1, -0.05) is 106 Å². The fraction of sp³-hybridized carbons (Fsp3) is 0.952. The topological polar surface area (TPSA) is 0 Å². The largest absolute Gasteiger partial charge is 0.0602 e. The molecule has 0 nitrogen and oxygen atoms in total. The Labute approximate surface area is 136 Å². The Morgan fingerprint density at radius 2 is 0.905 bits per heavy atom. The molecule has 0 N–H and O–H groups in total. The monoisotopic (exact) mass is 295 g/mol. The molecule has 0 saturated heterocycles. The first-order valence-corrected chi connectivity index (χ1v) is 9.55. The Morgan fingerprint density at radius 1 is 0.524 bits per heavy atom. The minimum Gasteiger partial charge on any atom is -0.0602 e. The van der Waals surface area contributed by atoms with Crippen LogP contribution in [-0.2, 0) is 0 Å². The van der Waals surface area contributed by atoms with Crippen LogP contribution >= 0.6 is 0 Å². The molecule has 0 atom stereocenters. The van der Waals surface area contributed by atoms with E-state index in [1.54, 1.807) is 0 Å². The number of rotatable bonds is 12. The molecule has 0 aromatic heterocycles. The van der Waals surface area contributed by atoms with Crippen LogP contribution in [0.3, 0.4) is 0 Å². The predicted octanol–water partition coefficient (Wildman–Crippen LogP) is 7.96. The van der Waals surface area contributed by atoms with Gasteiger partial charge >= 0.3 is 0 Å². The SMILES string of the molecule is CC(C)(C)[CH]CCCCCCCCCCCCC(C)(C)C. The maximum atomic E-state index is 2.48. The molecule has 0 amide bonds. The average Bonchev–Trinajstić information content (AvgIpc) is 2.32. The lowest BCUT2D eigenvalue weighted by Gasteiger charge is -2.17. The highest BCUT2D eigenvalue weighted by atomic mass is 14.1. The van der Waals surface area contributed by atoms with Gasteiger partial charge < -0.3 is 0 Å². The predicted molar refractivity (Wildman–Crippen MR) is 98.6 cm³/mol. The van der Waals surface area contributed by atoms with E-state index < -0.39 is 0 Å². The summed E-state index contributed by atoms with van der Waals surface area (Å²) in [6.07, 6.45) is 19.6. The van der Waals surface area contributed by atoms with Crippen molar-refractivity contribution in [3.63, 3.8) is 0 Å². The van der Waals surface area contributed by atoms with Crippen LogP contribution in [0.1, 0.15) is 119 Å². The maximum absolute atomic E-state index is 2.48. The van der Waals surface area contributed by atoms with Crippen molar-refractivity contribution in [1.82, 2.24) is 0 Å². The summed E-state index contributed by atoms with van der Waals surface area (Å²) in [6, 6.07) is 0. The van der Waals surface area contributed by atoms with Crippen LogP contribution in [0.2, 0.25) is 0 Å². The minimum atomic E-state index is 0.410. The Bertz CT molecular complexity index is 189.